The van der Waals surface area contributed by atoms with Crippen molar-refractivity contribution in [1.29, 1.82) is 0 Å². The van der Waals surface area contributed by atoms with Crippen LogP contribution in [0.5, 0.6) is 11.5 Å². The number of carbonyl (C=O) groups excluding carboxylic acids is 1. The second kappa shape index (κ2) is 9.60. The average molecular weight is 378 g/mol. The standard InChI is InChI=1S/C14H12O3.C10H14O/c15-13-9-5-4-8-12(13)14(16)17-10-11-6-2-1-3-7-11;1-10(2,3)8-4-6-9(11)7-5-8/h1-9,15H,10H2;4-7,11H,1-3H3. The molecule has 0 radical (unpaired) electrons. The van der Waals surface area contributed by atoms with Gasteiger partial charge in [-0.05, 0) is 40.8 Å². The summed E-state index contributed by atoms with van der Waals surface area (Å²) < 4.78 is 5.10. The first-order valence-corrected chi connectivity index (χ1v) is 9.06. The summed E-state index contributed by atoms with van der Waals surface area (Å²) in [7, 11) is 0. The normalized spacial score (nSPS) is 10.5. The molecule has 0 unspecified atom stereocenters. The van der Waals surface area contributed by atoms with Gasteiger partial charge in [0.15, 0.2) is 0 Å². The predicted molar refractivity (Wildman–Crippen MR) is 110 cm³/mol. The molecule has 0 saturated carbocycles. The molecule has 3 rings (SSSR count). The zero-order valence-electron chi connectivity index (χ0n) is 16.4. The Balaban J connectivity index is 0.000000221. The molecule has 0 heterocycles. The van der Waals surface area contributed by atoms with Crippen LogP contribution in [0, 0.1) is 0 Å². The van der Waals surface area contributed by atoms with Crippen molar-refractivity contribution in [2.45, 2.75) is 32.8 Å². The fourth-order valence-electron chi connectivity index (χ4n) is 2.41. The molecule has 146 valence electrons. The summed E-state index contributed by atoms with van der Waals surface area (Å²) in [6, 6.07) is 23.1. The van der Waals surface area contributed by atoms with E-state index in [4.69, 9.17) is 9.84 Å². The van der Waals surface area contributed by atoms with Crippen LogP contribution in [0.3, 0.4) is 0 Å². The van der Waals surface area contributed by atoms with E-state index >= 15 is 0 Å². The average Bonchev–Trinajstić information content (AvgIpc) is 2.67. The molecule has 0 fully saturated rings. The van der Waals surface area contributed by atoms with Gasteiger partial charge in [0.1, 0.15) is 23.7 Å². The fourth-order valence-corrected chi connectivity index (χ4v) is 2.41. The molecule has 4 heteroatoms. The summed E-state index contributed by atoms with van der Waals surface area (Å²) in [4.78, 5) is 11.7. The Morgan fingerprint density at radius 3 is 1.96 bits per heavy atom. The van der Waals surface area contributed by atoms with Crippen LogP contribution in [-0.2, 0) is 16.8 Å². The molecular formula is C24H26O4. The highest BCUT2D eigenvalue weighted by Crippen LogP contribution is 2.23. The Morgan fingerprint density at radius 2 is 1.39 bits per heavy atom. The maximum absolute atomic E-state index is 11.7. The molecule has 0 aliphatic heterocycles. The highest BCUT2D eigenvalue weighted by atomic mass is 16.5. The Labute approximate surface area is 166 Å². The first-order valence-electron chi connectivity index (χ1n) is 9.06. The number of aromatic hydroxyl groups is 2. The minimum absolute atomic E-state index is 0.0643. The molecule has 28 heavy (non-hydrogen) atoms. The van der Waals surface area contributed by atoms with Crippen molar-refractivity contribution in [3.05, 3.63) is 95.6 Å². The largest absolute Gasteiger partial charge is 0.508 e. The highest BCUT2D eigenvalue weighted by molar-refractivity contribution is 5.92. The van der Waals surface area contributed by atoms with Crippen molar-refractivity contribution in [2.75, 3.05) is 0 Å². The summed E-state index contributed by atoms with van der Waals surface area (Å²) in [5.41, 5.74) is 2.52. The van der Waals surface area contributed by atoms with Gasteiger partial charge in [-0.2, -0.15) is 0 Å². The SMILES string of the molecule is CC(C)(C)c1ccc(O)cc1.O=C(OCc1ccccc1)c1ccccc1O. The number of carbonyl (C=O) groups is 1. The van der Waals surface area contributed by atoms with Crippen LogP contribution in [0.2, 0.25) is 0 Å². The van der Waals surface area contributed by atoms with Gasteiger partial charge < -0.3 is 14.9 Å². The second-order valence-electron chi connectivity index (χ2n) is 7.38. The van der Waals surface area contributed by atoms with E-state index < -0.39 is 5.97 Å². The Bertz CT molecular complexity index is 878. The van der Waals surface area contributed by atoms with E-state index in [2.05, 4.69) is 20.8 Å². The topological polar surface area (TPSA) is 66.8 Å². The van der Waals surface area contributed by atoms with Crippen molar-refractivity contribution < 1.29 is 19.7 Å². The molecule has 3 aromatic rings. The summed E-state index contributed by atoms with van der Waals surface area (Å²) in [5.74, 6) is -0.254. The lowest BCUT2D eigenvalue weighted by Gasteiger charge is -2.18. The zero-order valence-corrected chi connectivity index (χ0v) is 16.4. The maximum Gasteiger partial charge on any atom is 0.342 e. The molecule has 0 amide bonds. The molecule has 0 atom stereocenters. The summed E-state index contributed by atoms with van der Waals surface area (Å²) in [5, 5.41) is 18.5. The lowest BCUT2D eigenvalue weighted by atomic mass is 9.87. The zero-order chi connectivity index (χ0) is 20.6. The van der Waals surface area contributed by atoms with E-state index in [1.54, 1.807) is 24.3 Å². The Hall–Kier alpha value is -3.27. The van der Waals surface area contributed by atoms with Gasteiger partial charge in [0.05, 0.1) is 0 Å². The minimum Gasteiger partial charge on any atom is -0.508 e. The number of esters is 1. The predicted octanol–water partition coefficient (Wildman–Crippen LogP) is 5.44. The van der Waals surface area contributed by atoms with Gasteiger partial charge in [0.25, 0.3) is 0 Å². The van der Waals surface area contributed by atoms with Crippen molar-refractivity contribution in [1.82, 2.24) is 0 Å². The summed E-state index contributed by atoms with van der Waals surface area (Å²) in [6.07, 6.45) is 0. The van der Waals surface area contributed by atoms with Gasteiger partial charge >= 0.3 is 5.97 Å². The molecular weight excluding hydrogens is 352 g/mol. The van der Waals surface area contributed by atoms with Crippen LogP contribution >= 0.6 is 0 Å². The van der Waals surface area contributed by atoms with Crippen LogP contribution in [0.4, 0.5) is 0 Å². The van der Waals surface area contributed by atoms with E-state index in [1.165, 1.54) is 17.7 Å². The molecule has 0 spiro atoms. The number of rotatable bonds is 3. The molecule has 0 aliphatic rings. The number of para-hydroxylation sites is 1. The van der Waals surface area contributed by atoms with Crippen LogP contribution in [0.25, 0.3) is 0 Å². The van der Waals surface area contributed by atoms with Gasteiger partial charge in [0.2, 0.25) is 0 Å². The van der Waals surface area contributed by atoms with Gasteiger partial charge in [-0.15, -0.1) is 0 Å². The lowest BCUT2D eigenvalue weighted by molar-refractivity contribution is 0.0469. The number of benzene rings is 3. The van der Waals surface area contributed by atoms with Crippen LogP contribution in [0.15, 0.2) is 78.9 Å². The van der Waals surface area contributed by atoms with Crippen molar-refractivity contribution in [2.24, 2.45) is 0 Å². The van der Waals surface area contributed by atoms with E-state index in [0.717, 1.165) is 5.56 Å². The second-order valence-corrected chi connectivity index (χ2v) is 7.38. The molecule has 3 aromatic carbocycles. The van der Waals surface area contributed by atoms with E-state index in [1.807, 2.05) is 42.5 Å². The highest BCUT2D eigenvalue weighted by Gasteiger charge is 2.12. The maximum atomic E-state index is 11.7. The fraction of sp³-hybridized carbons (Fsp3) is 0.208. The van der Waals surface area contributed by atoms with Crippen molar-refractivity contribution in [3.63, 3.8) is 0 Å². The Morgan fingerprint density at radius 1 is 0.821 bits per heavy atom. The molecule has 0 bridgehead atoms. The molecule has 4 nitrogen and oxygen atoms in total. The number of hydrogen-bond acceptors (Lipinski definition) is 4. The van der Waals surface area contributed by atoms with Gasteiger partial charge in [-0.3, -0.25) is 0 Å². The number of hydrogen-bond donors (Lipinski definition) is 2. The van der Waals surface area contributed by atoms with E-state index in [0.29, 0.717) is 5.75 Å². The number of phenolic OH excluding ortho intramolecular Hbond substituents is 2. The quantitative estimate of drug-likeness (QED) is 0.596. The van der Waals surface area contributed by atoms with E-state index in [-0.39, 0.29) is 23.3 Å². The van der Waals surface area contributed by atoms with Gasteiger partial charge in [-0.1, -0.05) is 75.4 Å². The molecule has 0 aliphatic carbocycles. The first kappa shape index (κ1) is 21.0. The van der Waals surface area contributed by atoms with Crippen LogP contribution < -0.4 is 0 Å². The molecule has 0 saturated heterocycles. The van der Waals surface area contributed by atoms with Gasteiger partial charge in [0, 0.05) is 0 Å². The van der Waals surface area contributed by atoms with Crippen LogP contribution in [-0.4, -0.2) is 16.2 Å². The van der Waals surface area contributed by atoms with Crippen molar-refractivity contribution >= 4 is 5.97 Å². The smallest absolute Gasteiger partial charge is 0.342 e. The number of ether oxygens (including phenoxy) is 1. The first-order chi connectivity index (χ1) is 13.3. The molecule has 0 aromatic heterocycles. The van der Waals surface area contributed by atoms with Crippen molar-refractivity contribution in [3.8, 4) is 11.5 Å². The van der Waals surface area contributed by atoms with E-state index in [9.17, 15) is 9.90 Å². The molecule has 2 N–H and O–H groups in total. The number of phenols is 2. The third kappa shape index (κ3) is 6.47. The third-order valence-electron chi connectivity index (χ3n) is 4.07. The van der Waals surface area contributed by atoms with Crippen LogP contribution in [0.1, 0.15) is 42.3 Å². The third-order valence-corrected chi connectivity index (χ3v) is 4.07. The van der Waals surface area contributed by atoms with Gasteiger partial charge in [-0.25, -0.2) is 4.79 Å². The Kier molecular flexibility index (Phi) is 7.21. The summed E-state index contributed by atoms with van der Waals surface area (Å²) >= 11 is 0. The lowest BCUT2D eigenvalue weighted by Crippen LogP contribution is -2.10. The minimum atomic E-state index is -0.521. The summed E-state index contributed by atoms with van der Waals surface area (Å²) in [6.45, 7) is 6.66. The monoisotopic (exact) mass is 378 g/mol.